The zero-order valence-corrected chi connectivity index (χ0v) is 45.7. The highest BCUT2D eigenvalue weighted by Crippen LogP contribution is 2.38. The monoisotopic (exact) mass is 932 g/mol. The first-order chi connectivity index (χ1) is 31.4. The molecular formula is C56H109N3O5Si. The molecule has 0 bridgehead atoms. The van der Waals surface area contributed by atoms with Crippen LogP contribution in [-0.4, -0.2) is 73.7 Å². The summed E-state index contributed by atoms with van der Waals surface area (Å²) in [7, 11) is -2.02. The van der Waals surface area contributed by atoms with Gasteiger partial charge in [-0.25, -0.2) is 4.98 Å². The number of nitrogens with zero attached hydrogens (tertiary/aromatic N) is 3. The van der Waals surface area contributed by atoms with Crippen LogP contribution in [0, 0.1) is 11.8 Å². The summed E-state index contributed by atoms with van der Waals surface area (Å²) in [6.07, 6.45) is 42.8. The largest absolute Gasteiger partial charge is 0.465 e. The minimum Gasteiger partial charge on any atom is -0.465 e. The van der Waals surface area contributed by atoms with E-state index in [2.05, 4.69) is 82.2 Å². The van der Waals surface area contributed by atoms with Crippen molar-refractivity contribution in [2.24, 2.45) is 11.8 Å². The van der Waals surface area contributed by atoms with Gasteiger partial charge in [0, 0.05) is 25.5 Å². The van der Waals surface area contributed by atoms with Crippen LogP contribution >= 0.6 is 0 Å². The van der Waals surface area contributed by atoms with Crippen molar-refractivity contribution < 1.29 is 23.5 Å². The van der Waals surface area contributed by atoms with Crippen molar-refractivity contribution in [3.8, 4) is 0 Å². The van der Waals surface area contributed by atoms with Crippen LogP contribution in [0.25, 0.3) is 0 Å². The van der Waals surface area contributed by atoms with E-state index in [1.54, 1.807) is 0 Å². The first-order valence-corrected chi connectivity index (χ1v) is 31.0. The molecule has 1 heterocycles. The zero-order valence-electron chi connectivity index (χ0n) is 44.7. The quantitative estimate of drug-likeness (QED) is 0.0366. The normalized spacial score (nSPS) is 13.6. The van der Waals surface area contributed by atoms with Crippen LogP contribution in [0.15, 0.2) is 18.7 Å². The molecule has 0 saturated carbocycles. The Morgan fingerprint density at radius 2 is 0.954 bits per heavy atom. The topological polar surface area (TPSA) is 82.9 Å². The van der Waals surface area contributed by atoms with Crippen molar-refractivity contribution in [3.63, 3.8) is 0 Å². The molecule has 65 heavy (non-hydrogen) atoms. The molecule has 0 fully saturated rings. The molecule has 9 heteroatoms. The Labute approximate surface area is 404 Å². The van der Waals surface area contributed by atoms with Crippen molar-refractivity contribution in [1.29, 1.82) is 0 Å². The third-order valence-electron chi connectivity index (χ3n) is 14.2. The summed E-state index contributed by atoms with van der Waals surface area (Å²) < 4.78 is 21.3. The van der Waals surface area contributed by atoms with E-state index in [-0.39, 0.29) is 34.9 Å². The van der Waals surface area contributed by atoms with E-state index in [1.807, 2.05) is 12.5 Å². The summed E-state index contributed by atoms with van der Waals surface area (Å²) in [5.41, 5.74) is 0. The minimum absolute atomic E-state index is 0.0388. The van der Waals surface area contributed by atoms with Gasteiger partial charge in [-0.1, -0.05) is 190 Å². The molecule has 0 aliphatic rings. The van der Waals surface area contributed by atoms with Crippen LogP contribution in [-0.2, 0) is 30.0 Å². The van der Waals surface area contributed by atoms with Gasteiger partial charge in [0.15, 0.2) is 8.32 Å². The molecule has 3 atom stereocenters. The first-order valence-electron chi connectivity index (χ1n) is 28.1. The van der Waals surface area contributed by atoms with Crippen molar-refractivity contribution >= 4 is 20.3 Å². The van der Waals surface area contributed by atoms with E-state index >= 15 is 0 Å². The van der Waals surface area contributed by atoms with Gasteiger partial charge >= 0.3 is 11.9 Å². The molecule has 0 radical (unpaired) electrons. The fourth-order valence-electron chi connectivity index (χ4n) is 8.84. The number of aryl methyl sites for hydroxylation is 1. The van der Waals surface area contributed by atoms with E-state index in [4.69, 9.17) is 13.9 Å². The van der Waals surface area contributed by atoms with Gasteiger partial charge in [0.1, 0.15) is 0 Å². The van der Waals surface area contributed by atoms with E-state index in [0.717, 1.165) is 129 Å². The molecular weight excluding hydrogens is 823 g/mol. The molecule has 0 aromatic carbocycles. The average molecular weight is 933 g/mol. The van der Waals surface area contributed by atoms with Gasteiger partial charge in [-0.05, 0) is 95.4 Å². The summed E-state index contributed by atoms with van der Waals surface area (Å²) in [4.78, 5) is 33.5. The second-order valence-corrected chi connectivity index (χ2v) is 26.2. The molecule has 0 aliphatic heterocycles. The van der Waals surface area contributed by atoms with Gasteiger partial charge in [-0.2, -0.15) is 0 Å². The van der Waals surface area contributed by atoms with Gasteiger partial charge in [-0.3, -0.25) is 9.59 Å². The number of imidazole rings is 1. The Kier molecular flexibility index (Phi) is 37.9. The lowest BCUT2D eigenvalue weighted by molar-refractivity contribution is -0.150. The number of aromatic nitrogens is 2. The van der Waals surface area contributed by atoms with Gasteiger partial charge in [0.2, 0.25) is 0 Å². The number of hydrogen-bond donors (Lipinski definition) is 0. The van der Waals surface area contributed by atoms with Gasteiger partial charge in [0.05, 0.1) is 37.5 Å². The lowest BCUT2D eigenvalue weighted by atomic mass is 9.94. The molecule has 3 unspecified atom stereocenters. The molecule has 382 valence electrons. The van der Waals surface area contributed by atoms with Crippen LogP contribution in [0.5, 0.6) is 0 Å². The predicted molar refractivity (Wildman–Crippen MR) is 280 cm³/mol. The second kappa shape index (κ2) is 40.2. The number of hydrogen-bond acceptors (Lipinski definition) is 7. The number of esters is 2. The van der Waals surface area contributed by atoms with E-state index < -0.39 is 8.32 Å². The number of ether oxygens (including phenoxy) is 2. The molecule has 1 aromatic rings. The zero-order chi connectivity index (χ0) is 47.9. The molecule has 1 rings (SSSR count). The maximum absolute atomic E-state index is 13.4. The smallest absolute Gasteiger partial charge is 0.308 e. The Morgan fingerprint density at radius 3 is 1.42 bits per heavy atom. The van der Waals surface area contributed by atoms with E-state index in [0.29, 0.717) is 13.2 Å². The fourth-order valence-corrected chi connectivity index (χ4v) is 10.2. The van der Waals surface area contributed by atoms with E-state index in [9.17, 15) is 9.59 Å². The highest BCUT2D eigenvalue weighted by atomic mass is 28.4. The van der Waals surface area contributed by atoms with Crippen molar-refractivity contribution in [2.45, 2.75) is 285 Å². The Bertz CT molecular complexity index is 1220. The predicted octanol–water partition coefficient (Wildman–Crippen LogP) is 16.5. The number of rotatable bonds is 46. The summed E-state index contributed by atoms with van der Waals surface area (Å²) in [6, 6.07) is 0. The standard InChI is InChI=1S/C56H109N3O5Si/c1-10-14-18-22-24-30-39-51(37-28-20-16-12-3)54(60)62-47-34-27-26-33-43-58(44-36-45-59-46-42-57-50-59)49-53(64-65(8,9)56(5,6)7)41-32-35-48-63-55(61)52(38-29-21-17-13-4)40-31-25-23-19-15-11-2/h42,46,50-53H,10-41,43-45,47-49H2,1-9H3. The maximum Gasteiger partial charge on any atom is 0.308 e. The molecule has 1 aromatic heterocycles. The fraction of sp³-hybridized carbons (Fsp3) is 0.911. The lowest BCUT2D eigenvalue weighted by Gasteiger charge is -2.40. The number of carbonyl (C=O) groups is 2. The molecule has 0 N–H and O–H groups in total. The lowest BCUT2D eigenvalue weighted by Crippen LogP contribution is -2.47. The second-order valence-electron chi connectivity index (χ2n) is 21.4. The van der Waals surface area contributed by atoms with Crippen LogP contribution in [0.2, 0.25) is 18.1 Å². The van der Waals surface area contributed by atoms with Crippen molar-refractivity contribution in [1.82, 2.24) is 14.5 Å². The summed E-state index contributed by atoms with van der Waals surface area (Å²) in [6.45, 7) is 25.8. The summed E-state index contributed by atoms with van der Waals surface area (Å²) in [5, 5.41) is 0.127. The number of unbranched alkanes of at least 4 members (excludes halogenated alkanes) is 20. The van der Waals surface area contributed by atoms with Crippen LogP contribution in [0.3, 0.4) is 0 Å². The van der Waals surface area contributed by atoms with Gasteiger partial charge in [-0.15, -0.1) is 0 Å². The SMILES string of the molecule is CCCCCCCCC(CCCCCC)C(=O)OCCCCCCN(CCCn1ccnc1)CC(CCCCOC(=O)C(CCCCCC)CCCCCCCC)O[Si](C)(C)C(C)(C)C. The van der Waals surface area contributed by atoms with Gasteiger partial charge in [0.25, 0.3) is 0 Å². The molecule has 0 amide bonds. The van der Waals surface area contributed by atoms with Crippen LogP contribution < -0.4 is 0 Å². The van der Waals surface area contributed by atoms with Crippen molar-refractivity contribution in [3.05, 3.63) is 18.7 Å². The molecule has 0 spiro atoms. The van der Waals surface area contributed by atoms with Crippen LogP contribution in [0.4, 0.5) is 0 Å². The Balaban J connectivity index is 2.80. The maximum atomic E-state index is 13.4. The Morgan fingerprint density at radius 1 is 0.554 bits per heavy atom. The minimum atomic E-state index is -2.02. The molecule has 0 saturated heterocycles. The highest BCUT2D eigenvalue weighted by molar-refractivity contribution is 6.74. The highest BCUT2D eigenvalue weighted by Gasteiger charge is 2.39. The van der Waals surface area contributed by atoms with Crippen LogP contribution in [0.1, 0.15) is 254 Å². The Hall–Kier alpha value is -1.71. The molecule has 0 aliphatic carbocycles. The third-order valence-corrected chi connectivity index (χ3v) is 18.8. The van der Waals surface area contributed by atoms with Gasteiger partial charge < -0.3 is 23.4 Å². The first kappa shape index (κ1) is 61.3. The van der Waals surface area contributed by atoms with E-state index in [1.165, 1.54) is 103 Å². The summed E-state index contributed by atoms with van der Waals surface area (Å²) in [5.74, 6) is 0.214. The average Bonchev–Trinajstić information content (AvgIpc) is 3.79. The van der Waals surface area contributed by atoms with Crippen molar-refractivity contribution in [2.75, 3.05) is 32.8 Å². The number of carbonyl (C=O) groups excluding carboxylic acids is 2. The summed E-state index contributed by atoms with van der Waals surface area (Å²) >= 11 is 0. The molecule has 8 nitrogen and oxygen atoms in total. The third kappa shape index (κ3) is 32.6.